The second kappa shape index (κ2) is 19.1. The Morgan fingerprint density at radius 3 is 2.27 bits per heavy atom. The van der Waals surface area contributed by atoms with E-state index in [9.17, 15) is 22.8 Å². The fourth-order valence-corrected chi connectivity index (χ4v) is 7.03. The van der Waals surface area contributed by atoms with Crippen LogP contribution in [0.5, 0.6) is 11.5 Å². The minimum atomic E-state index is -4.45. The number of nitrogens with zero attached hydrogens (tertiary/aromatic N) is 4. The highest BCUT2D eigenvalue weighted by Crippen LogP contribution is 2.37. The zero-order valence-electron chi connectivity index (χ0n) is 31.9. The summed E-state index contributed by atoms with van der Waals surface area (Å²) in [6.07, 6.45) is -1.05. The van der Waals surface area contributed by atoms with Gasteiger partial charge in [-0.1, -0.05) is 30.3 Å². The van der Waals surface area contributed by atoms with Crippen molar-refractivity contribution in [2.75, 3.05) is 69.9 Å². The quantitative estimate of drug-likeness (QED) is 0.0557. The number of methoxy groups -OCH3 is 1. The Balaban J connectivity index is 0.00000600. The maximum absolute atomic E-state index is 14.2. The number of aryl methyl sites for hydroxylation is 1. The topological polar surface area (TPSA) is 76.5 Å². The second-order valence-corrected chi connectivity index (χ2v) is 13.5. The van der Waals surface area contributed by atoms with Crippen LogP contribution in [0.15, 0.2) is 97.2 Å². The third-order valence-corrected chi connectivity index (χ3v) is 9.96. The smallest absolute Gasteiger partial charge is 0.416 e. The lowest BCUT2D eigenvalue weighted by Gasteiger charge is -2.36. The van der Waals surface area contributed by atoms with Crippen molar-refractivity contribution >= 4 is 52.1 Å². The van der Waals surface area contributed by atoms with Gasteiger partial charge in [0, 0.05) is 86.7 Å². The average molecular weight is 793 g/mol. The van der Waals surface area contributed by atoms with Gasteiger partial charge >= 0.3 is 12.1 Å². The van der Waals surface area contributed by atoms with Crippen molar-refractivity contribution in [3.8, 4) is 11.5 Å². The molecule has 1 fully saturated rings. The van der Waals surface area contributed by atoms with Crippen LogP contribution >= 0.6 is 12.4 Å². The summed E-state index contributed by atoms with van der Waals surface area (Å²) in [5, 5.41) is 0.794. The van der Waals surface area contributed by atoms with Gasteiger partial charge in [0.1, 0.15) is 11.5 Å². The highest BCUT2D eigenvalue weighted by atomic mass is 35.5. The van der Waals surface area contributed by atoms with Crippen LogP contribution in [-0.2, 0) is 22.3 Å². The molecule has 13 heteroatoms. The molecule has 4 aromatic carbocycles. The number of ketones is 1. The fourth-order valence-electron chi connectivity index (χ4n) is 7.03. The van der Waals surface area contributed by atoms with E-state index in [0.29, 0.717) is 54.4 Å². The number of aromatic nitrogens is 1. The van der Waals surface area contributed by atoms with Gasteiger partial charge in [0.25, 0.3) is 0 Å². The Labute approximate surface area is 331 Å². The van der Waals surface area contributed by atoms with Crippen molar-refractivity contribution in [1.29, 1.82) is 0 Å². The molecule has 298 valence electrons. The van der Waals surface area contributed by atoms with E-state index in [4.69, 9.17) is 14.2 Å². The SMILES string of the molecule is CCOC(=O)CCCn1cc(C(=O)c2ccc(N(C)c3ccc(C(F)(F)F)cc3)c(OCCCN3CCN(c4ccccc4OC)CC3)c2)c2ccccc21.Cl. The largest absolute Gasteiger partial charge is 0.495 e. The summed E-state index contributed by atoms with van der Waals surface area (Å²) in [5.74, 6) is 0.865. The van der Waals surface area contributed by atoms with Crippen molar-refractivity contribution in [3.63, 3.8) is 0 Å². The van der Waals surface area contributed by atoms with Crippen molar-refractivity contribution in [2.24, 2.45) is 0 Å². The Kier molecular flexibility index (Phi) is 14.3. The number of hydrogen-bond donors (Lipinski definition) is 0. The molecule has 0 saturated carbocycles. The molecule has 0 amide bonds. The number of ether oxygens (including phenoxy) is 3. The summed E-state index contributed by atoms with van der Waals surface area (Å²) in [4.78, 5) is 32.6. The zero-order valence-corrected chi connectivity index (χ0v) is 32.7. The summed E-state index contributed by atoms with van der Waals surface area (Å²) in [5.41, 5.74) is 3.33. The van der Waals surface area contributed by atoms with Gasteiger partial charge in [-0.25, -0.2) is 0 Å². The zero-order chi connectivity index (χ0) is 39.0. The lowest BCUT2D eigenvalue weighted by Crippen LogP contribution is -2.46. The number of esters is 1. The minimum absolute atomic E-state index is 0. The Bertz CT molecular complexity index is 2080. The van der Waals surface area contributed by atoms with E-state index in [1.807, 2.05) is 53.2 Å². The molecule has 0 spiro atoms. The number of carbonyl (C=O) groups is 2. The summed E-state index contributed by atoms with van der Waals surface area (Å²) in [7, 11) is 3.45. The summed E-state index contributed by atoms with van der Waals surface area (Å²) in [6.45, 7) is 7.35. The third-order valence-electron chi connectivity index (χ3n) is 9.96. The van der Waals surface area contributed by atoms with Gasteiger partial charge in [-0.05, 0) is 80.4 Å². The van der Waals surface area contributed by atoms with E-state index in [2.05, 4.69) is 15.9 Å². The standard InChI is InChI=1S/C43H47F3N4O5.ClH/c1-4-54-41(51)15-9-23-50-30-35(34-11-5-6-12-36(34)50)42(52)31-16-21-37(47(2)33-19-17-32(18-20-33)43(44,45)46)40(29-31)55-28-10-22-48-24-26-49(27-25-48)38-13-7-8-14-39(38)53-3;/h5-8,11-14,16-21,29-30H,4,9-10,15,22-28H2,1-3H3;1H. The molecule has 0 N–H and O–H groups in total. The molecule has 0 atom stereocenters. The number of halogens is 4. The van der Waals surface area contributed by atoms with Gasteiger partial charge in [-0.15, -0.1) is 12.4 Å². The van der Waals surface area contributed by atoms with Gasteiger partial charge in [-0.3, -0.25) is 14.5 Å². The molecule has 2 heterocycles. The van der Waals surface area contributed by atoms with Crippen molar-refractivity contribution in [3.05, 3.63) is 114 Å². The van der Waals surface area contributed by atoms with Crippen LogP contribution in [-0.4, -0.2) is 81.3 Å². The van der Waals surface area contributed by atoms with E-state index in [1.54, 1.807) is 44.2 Å². The van der Waals surface area contributed by atoms with Crippen molar-refractivity contribution < 1.29 is 37.0 Å². The Morgan fingerprint density at radius 1 is 0.839 bits per heavy atom. The predicted octanol–water partition coefficient (Wildman–Crippen LogP) is 9.02. The van der Waals surface area contributed by atoms with Gasteiger partial charge in [-0.2, -0.15) is 13.2 Å². The van der Waals surface area contributed by atoms with Crippen LogP contribution in [0.2, 0.25) is 0 Å². The molecular formula is C43H48ClF3N4O5. The first kappa shape index (κ1) is 42.0. The molecule has 5 aromatic rings. The van der Waals surface area contributed by atoms with E-state index < -0.39 is 11.7 Å². The molecule has 0 radical (unpaired) electrons. The van der Waals surface area contributed by atoms with Gasteiger partial charge in [0.2, 0.25) is 0 Å². The van der Waals surface area contributed by atoms with Crippen LogP contribution in [0.1, 0.15) is 47.7 Å². The fraction of sp³-hybridized carbons (Fsp3) is 0.349. The van der Waals surface area contributed by atoms with Crippen LogP contribution in [0.4, 0.5) is 30.2 Å². The summed E-state index contributed by atoms with van der Waals surface area (Å²) >= 11 is 0. The second-order valence-electron chi connectivity index (χ2n) is 13.5. The number of fused-ring (bicyclic) bond motifs is 1. The summed E-state index contributed by atoms with van der Waals surface area (Å²) in [6, 6.07) is 25.9. The van der Waals surface area contributed by atoms with Crippen molar-refractivity contribution in [1.82, 2.24) is 9.47 Å². The van der Waals surface area contributed by atoms with E-state index >= 15 is 0 Å². The monoisotopic (exact) mass is 792 g/mol. The Hall–Kier alpha value is -5.20. The number of piperazine rings is 1. The molecule has 1 aliphatic heterocycles. The molecule has 0 aliphatic carbocycles. The van der Waals surface area contributed by atoms with Gasteiger partial charge in [0.05, 0.1) is 37.3 Å². The molecule has 1 saturated heterocycles. The lowest BCUT2D eigenvalue weighted by atomic mass is 10.0. The summed E-state index contributed by atoms with van der Waals surface area (Å²) < 4.78 is 59.0. The molecule has 1 aliphatic rings. The van der Waals surface area contributed by atoms with Crippen LogP contribution < -0.4 is 19.3 Å². The third kappa shape index (κ3) is 9.96. The average Bonchev–Trinajstić information content (AvgIpc) is 3.57. The van der Waals surface area contributed by atoms with E-state index in [1.165, 1.54) is 12.1 Å². The molecule has 56 heavy (non-hydrogen) atoms. The number of carbonyl (C=O) groups excluding carboxylic acids is 2. The molecule has 0 unspecified atom stereocenters. The number of benzene rings is 4. The van der Waals surface area contributed by atoms with Gasteiger partial charge < -0.3 is 28.6 Å². The number of alkyl halides is 3. The highest BCUT2D eigenvalue weighted by molar-refractivity contribution is 6.16. The minimum Gasteiger partial charge on any atom is -0.495 e. The molecule has 1 aromatic heterocycles. The van der Waals surface area contributed by atoms with Crippen LogP contribution in [0.25, 0.3) is 10.9 Å². The first-order valence-electron chi connectivity index (χ1n) is 18.6. The van der Waals surface area contributed by atoms with Gasteiger partial charge in [0.15, 0.2) is 5.78 Å². The molecular weight excluding hydrogens is 745 g/mol. The number of rotatable bonds is 16. The molecule has 0 bridgehead atoms. The first-order chi connectivity index (χ1) is 26.6. The van der Waals surface area contributed by atoms with E-state index in [0.717, 1.165) is 73.6 Å². The number of para-hydroxylation sites is 3. The normalized spacial score (nSPS) is 13.3. The number of anilines is 3. The van der Waals surface area contributed by atoms with Crippen molar-refractivity contribution in [2.45, 2.75) is 38.9 Å². The van der Waals surface area contributed by atoms with Crippen LogP contribution in [0.3, 0.4) is 0 Å². The van der Waals surface area contributed by atoms with E-state index in [-0.39, 0.29) is 30.6 Å². The maximum atomic E-state index is 14.2. The predicted molar refractivity (Wildman–Crippen MR) is 216 cm³/mol. The van der Waals surface area contributed by atoms with Crippen LogP contribution in [0, 0.1) is 0 Å². The molecule has 6 rings (SSSR count). The Morgan fingerprint density at radius 2 is 1.55 bits per heavy atom. The first-order valence-corrected chi connectivity index (χ1v) is 18.6. The molecule has 9 nitrogen and oxygen atoms in total. The highest BCUT2D eigenvalue weighted by Gasteiger charge is 2.30. The lowest BCUT2D eigenvalue weighted by molar-refractivity contribution is -0.143. The number of hydrogen-bond acceptors (Lipinski definition) is 8. The maximum Gasteiger partial charge on any atom is 0.416 e.